The van der Waals surface area contributed by atoms with Crippen LogP contribution in [0.3, 0.4) is 0 Å². The quantitative estimate of drug-likeness (QED) is 0.704. The molecule has 26 heavy (non-hydrogen) atoms. The molecule has 0 saturated heterocycles. The van der Waals surface area contributed by atoms with Crippen molar-refractivity contribution in [3.63, 3.8) is 0 Å². The predicted octanol–water partition coefficient (Wildman–Crippen LogP) is 3.42. The van der Waals surface area contributed by atoms with Crippen molar-refractivity contribution in [1.29, 1.82) is 0 Å². The smallest absolute Gasteiger partial charge is 0.259 e. The lowest BCUT2D eigenvalue weighted by molar-refractivity contribution is -0.121. The average Bonchev–Trinajstić information content (AvgIpc) is 3.24. The van der Waals surface area contributed by atoms with Gasteiger partial charge in [-0.1, -0.05) is 13.0 Å². The zero-order valence-electron chi connectivity index (χ0n) is 14.6. The highest BCUT2D eigenvalue weighted by atomic mass is 32.1. The van der Waals surface area contributed by atoms with Crippen molar-refractivity contribution in [2.24, 2.45) is 5.92 Å². The Morgan fingerprint density at radius 3 is 3.15 bits per heavy atom. The predicted molar refractivity (Wildman–Crippen MR) is 106 cm³/mol. The molecule has 3 aromatic heterocycles. The van der Waals surface area contributed by atoms with Crippen molar-refractivity contribution < 1.29 is 4.79 Å². The van der Waals surface area contributed by atoms with Crippen LogP contribution in [-0.2, 0) is 30.6 Å². The lowest BCUT2D eigenvalue weighted by atomic mass is 9.89. The van der Waals surface area contributed by atoms with Crippen LogP contribution in [-0.4, -0.2) is 15.9 Å². The summed E-state index contributed by atoms with van der Waals surface area (Å²) in [5, 5.41) is 5.67. The first-order valence-corrected chi connectivity index (χ1v) is 10.6. The van der Waals surface area contributed by atoms with Gasteiger partial charge in [0.1, 0.15) is 10.7 Å². The Kier molecular flexibility index (Phi) is 4.91. The minimum absolute atomic E-state index is 0.0274. The molecule has 1 unspecified atom stereocenters. The number of nitrogens with zero attached hydrogens (tertiary/aromatic N) is 1. The topological polar surface area (TPSA) is 74.8 Å². The van der Waals surface area contributed by atoms with Crippen molar-refractivity contribution in [3.05, 3.63) is 49.0 Å². The Hall–Kier alpha value is -1.99. The van der Waals surface area contributed by atoms with Gasteiger partial charge in [-0.05, 0) is 42.2 Å². The van der Waals surface area contributed by atoms with Gasteiger partial charge >= 0.3 is 0 Å². The van der Waals surface area contributed by atoms with E-state index in [0.717, 1.165) is 34.4 Å². The van der Waals surface area contributed by atoms with Gasteiger partial charge < -0.3 is 10.3 Å². The summed E-state index contributed by atoms with van der Waals surface area (Å²) in [7, 11) is 0. The molecule has 5 nitrogen and oxygen atoms in total. The van der Waals surface area contributed by atoms with Crippen molar-refractivity contribution in [1.82, 2.24) is 15.3 Å². The first-order chi connectivity index (χ1) is 12.6. The highest BCUT2D eigenvalue weighted by Gasteiger charge is 2.23. The summed E-state index contributed by atoms with van der Waals surface area (Å²) < 4.78 is 0. The SMILES string of the molecule is CC1CCc2c(sc3nc(CCC(=O)NCc4cccs4)[nH]c(=O)c23)C1. The Labute approximate surface area is 159 Å². The molecule has 136 valence electrons. The third kappa shape index (κ3) is 3.59. The molecular weight excluding hydrogens is 366 g/mol. The van der Waals surface area contributed by atoms with Crippen LogP contribution in [0.15, 0.2) is 22.3 Å². The number of hydrogen-bond donors (Lipinski definition) is 2. The third-order valence-corrected chi connectivity index (χ3v) is 6.87. The molecule has 7 heteroatoms. The van der Waals surface area contributed by atoms with Crippen molar-refractivity contribution >= 4 is 38.8 Å². The van der Waals surface area contributed by atoms with E-state index >= 15 is 0 Å². The fourth-order valence-electron chi connectivity index (χ4n) is 3.43. The van der Waals surface area contributed by atoms with E-state index in [2.05, 4.69) is 22.2 Å². The lowest BCUT2D eigenvalue weighted by Crippen LogP contribution is -2.23. The van der Waals surface area contributed by atoms with Gasteiger partial charge in [0.05, 0.1) is 11.9 Å². The van der Waals surface area contributed by atoms with Crippen LogP contribution in [0.5, 0.6) is 0 Å². The summed E-state index contributed by atoms with van der Waals surface area (Å²) in [6.45, 7) is 2.81. The average molecular weight is 388 g/mol. The van der Waals surface area contributed by atoms with E-state index in [9.17, 15) is 9.59 Å². The van der Waals surface area contributed by atoms with Crippen molar-refractivity contribution in [3.8, 4) is 0 Å². The monoisotopic (exact) mass is 387 g/mol. The van der Waals surface area contributed by atoms with Gasteiger partial charge in [-0.25, -0.2) is 4.98 Å². The summed E-state index contributed by atoms with van der Waals surface area (Å²) in [6.07, 6.45) is 3.90. The number of thiophene rings is 2. The largest absolute Gasteiger partial charge is 0.351 e. The first kappa shape index (κ1) is 17.4. The number of nitrogens with one attached hydrogen (secondary N) is 2. The fraction of sp³-hybridized carbons (Fsp3) is 0.421. The van der Waals surface area contributed by atoms with E-state index in [4.69, 9.17) is 0 Å². The molecule has 0 bridgehead atoms. The Bertz CT molecular complexity index is 988. The van der Waals surface area contributed by atoms with Crippen LogP contribution in [0.1, 0.15) is 40.9 Å². The number of aryl methyl sites for hydroxylation is 2. The second-order valence-electron chi connectivity index (χ2n) is 6.90. The van der Waals surface area contributed by atoms with Crippen molar-refractivity contribution in [2.45, 2.75) is 45.6 Å². The molecule has 1 atom stereocenters. The molecule has 1 aliphatic rings. The molecule has 1 amide bonds. The second-order valence-corrected chi connectivity index (χ2v) is 9.02. The number of fused-ring (bicyclic) bond motifs is 3. The number of carbonyl (C=O) groups excluding carboxylic acids is 1. The zero-order valence-corrected chi connectivity index (χ0v) is 16.3. The molecule has 4 rings (SSSR count). The van der Waals surface area contributed by atoms with Crippen LogP contribution in [0.4, 0.5) is 0 Å². The fourth-order valence-corrected chi connectivity index (χ4v) is 5.48. The maximum Gasteiger partial charge on any atom is 0.259 e. The van der Waals surface area contributed by atoms with E-state index < -0.39 is 0 Å². The van der Waals surface area contributed by atoms with Crippen LogP contribution < -0.4 is 10.9 Å². The number of H-pyrrole nitrogens is 1. The van der Waals surface area contributed by atoms with Crippen molar-refractivity contribution in [2.75, 3.05) is 0 Å². The summed E-state index contributed by atoms with van der Waals surface area (Å²) in [5.41, 5.74) is 1.13. The second kappa shape index (κ2) is 7.32. The van der Waals surface area contributed by atoms with E-state index in [1.54, 1.807) is 22.7 Å². The van der Waals surface area contributed by atoms with E-state index in [1.807, 2.05) is 17.5 Å². The normalized spacial score (nSPS) is 16.6. The standard InChI is InChI=1S/C19H21N3O2S2/c1-11-4-5-13-14(9-11)26-19-17(13)18(24)21-15(22-19)6-7-16(23)20-10-12-3-2-8-25-12/h2-3,8,11H,4-7,9-10H2,1H3,(H,20,23)(H,21,22,24). The maximum absolute atomic E-state index is 12.6. The first-order valence-electron chi connectivity index (χ1n) is 8.92. The van der Waals surface area contributed by atoms with Gasteiger partial charge in [-0.3, -0.25) is 9.59 Å². The molecule has 0 fully saturated rings. The maximum atomic E-state index is 12.6. The molecule has 3 heterocycles. The molecule has 0 aromatic carbocycles. The minimum Gasteiger partial charge on any atom is -0.351 e. The van der Waals surface area contributed by atoms with Gasteiger partial charge in [-0.2, -0.15) is 0 Å². The summed E-state index contributed by atoms with van der Waals surface area (Å²) in [6, 6.07) is 3.97. The van der Waals surface area contributed by atoms with Gasteiger partial charge in [0.15, 0.2) is 0 Å². The third-order valence-electron chi connectivity index (χ3n) is 4.84. The molecular formula is C19H21N3O2S2. The van der Waals surface area contributed by atoms with E-state index in [-0.39, 0.29) is 11.5 Å². The van der Waals surface area contributed by atoms with Gasteiger partial charge in [0.2, 0.25) is 5.91 Å². The molecule has 0 radical (unpaired) electrons. The molecule has 0 spiro atoms. The van der Waals surface area contributed by atoms with Crippen LogP contribution in [0.25, 0.3) is 10.2 Å². The number of aromatic nitrogens is 2. The molecule has 2 N–H and O–H groups in total. The Morgan fingerprint density at radius 2 is 2.35 bits per heavy atom. The van der Waals surface area contributed by atoms with E-state index in [1.165, 1.54) is 10.4 Å². The summed E-state index contributed by atoms with van der Waals surface area (Å²) in [5.74, 6) is 1.24. The van der Waals surface area contributed by atoms with Crippen LogP contribution >= 0.6 is 22.7 Å². The lowest BCUT2D eigenvalue weighted by Gasteiger charge is -2.17. The number of aromatic amines is 1. The van der Waals surface area contributed by atoms with Gasteiger partial charge in [0.25, 0.3) is 5.56 Å². The molecule has 3 aromatic rings. The van der Waals surface area contributed by atoms with Gasteiger partial charge in [0, 0.05) is 22.6 Å². The summed E-state index contributed by atoms with van der Waals surface area (Å²) >= 11 is 3.27. The highest BCUT2D eigenvalue weighted by Crippen LogP contribution is 2.35. The number of rotatable bonds is 5. The number of carbonyl (C=O) groups is 1. The van der Waals surface area contributed by atoms with Crippen LogP contribution in [0.2, 0.25) is 0 Å². The van der Waals surface area contributed by atoms with Crippen LogP contribution in [0, 0.1) is 5.92 Å². The van der Waals surface area contributed by atoms with E-state index in [0.29, 0.717) is 31.1 Å². The number of hydrogen-bond acceptors (Lipinski definition) is 5. The zero-order chi connectivity index (χ0) is 18.1. The Morgan fingerprint density at radius 1 is 1.46 bits per heavy atom. The summed E-state index contributed by atoms with van der Waals surface area (Å²) in [4.78, 5) is 35.4. The van der Waals surface area contributed by atoms with Gasteiger partial charge in [-0.15, -0.1) is 22.7 Å². The highest BCUT2D eigenvalue weighted by molar-refractivity contribution is 7.18. The molecule has 1 aliphatic carbocycles. The molecule has 0 saturated carbocycles. The molecule has 0 aliphatic heterocycles. The minimum atomic E-state index is -0.0592. The Balaban J connectivity index is 1.45. The number of amides is 1.